The highest BCUT2D eigenvalue weighted by molar-refractivity contribution is 5.91. The topological polar surface area (TPSA) is 81.5 Å². The van der Waals surface area contributed by atoms with E-state index in [0.717, 1.165) is 25.3 Å². The first-order chi connectivity index (χ1) is 11.9. The van der Waals surface area contributed by atoms with E-state index in [1.54, 1.807) is 12.1 Å². The maximum Gasteiger partial charge on any atom is 0.289 e. The van der Waals surface area contributed by atoms with Gasteiger partial charge in [-0.05, 0) is 43.3 Å². The maximum atomic E-state index is 12.4. The second-order valence-electron chi connectivity index (χ2n) is 7.51. The van der Waals surface area contributed by atoms with Crippen LogP contribution in [0, 0.1) is 0 Å². The molecule has 1 saturated heterocycles. The van der Waals surface area contributed by atoms with Crippen molar-refractivity contribution in [3.8, 4) is 0 Å². The number of quaternary nitrogens is 1. The van der Waals surface area contributed by atoms with Crippen molar-refractivity contribution in [2.24, 2.45) is 0 Å². The first kappa shape index (κ1) is 17.6. The van der Waals surface area contributed by atoms with E-state index in [2.05, 4.69) is 43.2 Å². The van der Waals surface area contributed by atoms with Crippen LogP contribution in [0.4, 0.5) is 0 Å². The summed E-state index contributed by atoms with van der Waals surface area (Å²) in [4.78, 5) is 15.7. The highest BCUT2D eigenvalue weighted by Gasteiger charge is 2.35. The quantitative estimate of drug-likeness (QED) is 0.872. The zero-order valence-corrected chi connectivity index (χ0v) is 15.4. The minimum atomic E-state index is -0.150. The van der Waals surface area contributed by atoms with E-state index < -0.39 is 0 Å². The number of hydrogen-bond donors (Lipinski definition) is 1. The second kappa shape index (κ2) is 6.95. The Morgan fingerprint density at radius 2 is 2.08 bits per heavy atom. The normalized spacial score (nSPS) is 17.7. The molecule has 1 atom stereocenters. The SMILES string of the molecule is CC[C@@H](c1nnnn1C(C)(C)C)[NH+]1CCN(C(=O)c2ccco2)CC1. The fourth-order valence-corrected chi connectivity index (χ4v) is 3.44. The summed E-state index contributed by atoms with van der Waals surface area (Å²) in [6, 6.07) is 3.69. The standard InChI is InChI=1S/C17H26N6O2/c1-5-13(15-18-19-20-23(15)17(2,3)4)21-8-10-22(11-9-21)16(24)14-7-6-12-25-14/h6-7,12-13H,5,8-11H2,1-4H3/p+1/t13-/m0/s1. The fourth-order valence-electron chi connectivity index (χ4n) is 3.44. The number of amides is 1. The molecular weight excluding hydrogens is 320 g/mol. The predicted molar refractivity (Wildman–Crippen MR) is 91.2 cm³/mol. The van der Waals surface area contributed by atoms with Gasteiger partial charge in [-0.1, -0.05) is 6.92 Å². The maximum absolute atomic E-state index is 12.4. The van der Waals surface area contributed by atoms with Crippen LogP contribution >= 0.6 is 0 Å². The Hall–Kier alpha value is -2.22. The Morgan fingerprint density at radius 3 is 2.64 bits per heavy atom. The minimum absolute atomic E-state index is 0.0309. The van der Waals surface area contributed by atoms with Gasteiger partial charge >= 0.3 is 0 Å². The monoisotopic (exact) mass is 347 g/mol. The van der Waals surface area contributed by atoms with Crippen LogP contribution < -0.4 is 4.90 Å². The van der Waals surface area contributed by atoms with Crippen molar-refractivity contribution in [2.45, 2.75) is 45.7 Å². The molecule has 1 aliphatic heterocycles. The van der Waals surface area contributed by atoms with Crippen molar-refractivity contribution in [3.05, 3.63) is 30.0 Å². The van der Waals surface area contributed by atoms with Gasteiger partial charge in [0.05, 0.1) is 38.0 Å². The van der Waals surface area contributed by atoms with Gasteiger partial charge in [-0.3, -0.25) is 4.79 Å². The third-order valence-corrected chi connectivity index (χ3v) is 4.77. The van der Waals surface area contributed by atoms with E-state index in [-0.39, 0.29) is 17.5 Å². The highest BCUT2D eigenvalue weighted by atomic mass is 16.3. The van der Waals surface area contributed by atoms with Crippen molar-refractivity contribution in [2.75, 3.05) is 26.2 Å². The number of tetrazole rings is 1. The first-order valence-corrected chi connectivity index (χ1v) is 8.88. The lowest BCUT2D eigenvalue weighted by Crippen LogP contribution is -3.15. The lowest BCUT2D eigenvalue weighted by molar-refractivity contribution is -0.936. The van der Waals surface area contributed by atoms with E-state index in [0.29, 0.717) is 18.8 Å². The summed E-state index contributed by atoms with van der Waals surface area (Å²) in [6.45, 7) is 11.7. The summed E-state index contributed by atoms with van der Waals surface area (Å²) in [5.41, 5.74) is -0.150. The molecule has 1 N–H and O–H groups in total. The molecule has 2 aromatic heterocycles. The minimum Gasteiger partial charge on any atom is -0.459 e. The third kappa shape index (κ3) is 3.58. The van der Waals surface area contributed by atoms with Crippen molar-refractivity contribution in [3.63, 3.8) is 0 Å². The van der Waals surface area contributed by atoms with Gasteiger partial charge in [-0.15, -0.1) is 5.10 Å². The van der Waals surface area contributed by atoms with Gasteiger partial charge in [0.2, 0.25) is 5.82 Å². The molecule has 0 saturated carbocycles. The number of aromatic nitrogens is 4. The fraction of sp³-hybridized carbons (Fsp3) is 0.647. The smallest absolute Gasteiger partial charge is 0.289 e. The number of hydrogen-bond acceptors (Lipinski definition) is 5. The van der Waals surface area contributed by atoms with Crippen LogP contribution in [-0.2, 0) is 5.54 Å². The average molecular weight is 347 g/mol. The molecule has 1 fully saturated rings. The van der Waals surface area contributed by atoms with Crippen molar-refractivity contribution < 1.29 is 14.1 Å². The Labute approximate surface area is 147 Å². The molecule has 8 nitrogen and oxygen atoms in total. The third-order valence-electron chi connectivity index (χ3n) is 4.77. The van der Waals surface area contributed by atoms with Gasteiger partial charge in [-0.2, -0.15) is 0 Å². The van der Waals surface area contributed by atoms with Crippen molar-refractivity contribution in [1.82, 2.24) is 25.1 Å². The summed E-state index contributed by atoms with van der Waals surface area (Å²) in [7, 11) is 0. The van der Waals surface area contributed by atoms with Crippen LogP contribution in [0.25, 0.3) is 0 Å². The molecule has 0 bridgehead atoms. The van der Waals surface area contributed by atoms with E-state index in [4.69, 9.17) is 4.42 Å². The van der Waals surface area contributed by atoms with Gasteiger partial charge in [0.25, 0.3) is 5.91 Å². The number of carbonyl (C=O) groups is 1. The molecule has 25 heavy (non-hydrogen) atoms. The molecule has 136 valence electrons. The van der Waals surface area contributed by atoms with Gasteiger partial charge in [0.15, 0.2) is 5.76 Å². The molecule has 0 unspecified atom stereocenters. The first-order valence-electron chi connectivity index (χ1n) is 8.88. The Kier molecular flexibility index (Phi) is 4.89. The van der Waals surface area contributed by atoms with E-state index >= 15 is 0 Å². The number of nitrogens with one attached hydrogen (secondary N) is 1. The van der Waals surface area contributed by atoms with Crippen LogP contribution in [0.3, 0.4) is 0 Å². The number of carbonyl (C=O) groups excluding carboxylic acids is 1. The molecule has 0 aliphatic carbocycles. The van der Waals surface area contributed by atoms with E-state index in [1.807, 2.05) is 9.58 Å². The predicted octanol–water partition coefficient (Wildman–Crippen LogP) is 0.513. The van der Waals surface area contributed by atoms with E-state index in [9.17, 15) is 4.79 Å². The molecule has 1 aliphatic rings. The van der Waals surface area contributed by atoms with E-state index in [1.165, 1.54) is 11.2 Å². The average Bonchev–Trinajstić information content (AvgIpc) is 3.27. The van der Waals surface area contributed by atoms with Gasteiger partial charge < -0.3 is 14.2 Å². The van der Waals surface area contributed by atoms with Crippen LogP contribution in [0.1, 0.15) is 56.5 Å². The molecule has 3 heterocycles. The summed E-state index contributed by atoms with van der Waals surface area (Å²) in [6.07, 6.45) is 2.49. The lowest BCUT2D eigenvalue weighted by Gasteiger charge is -2.36. The highest BCUT2D eigenvalue weighted by Crippen LogP contribution is 2.19. The molecule has 0 aromatic carbocycles. The lowest BCUT2D eigenvalue weighted by atomic mass is 10.1. The summed E-state index contributed by atoms with van der Waals surface area (Å²) in [5, 5.41) is 12.4. The van der Waals surface area contributed by atoms with Crippen LogP contribution in [0.2, 0.25) is 0 Å². The summed E-state index contributed by atoms with van der Waals surface area (Å²) >= 11 is 0. The number of rotatable bonds is 4. The molecular formula is C17H27N6O2+. The molecule has 3 rings (SSSR count). The zero-order valence-electron chi connectivity index (χ0n) is 15.4. The molecule has 2 aromatic rings. The Bertz CT molecular complexity index is 695. The molecule has 1 amide bonds. The number of nitrogens with zero attached hydrogens (tertiary/aromatic N) is 5. The van der Waals surface area contributed by atoms with Crippen LogP contribution in [-0.4, -0.2) is 57.2 Å². The largest absolute Gasteiger partial charge is 0.459 e. The second-order valence-corrected chi connectivity index (χ2v) is 7.51. The molecule has 0 radical (unpaired) electrons. The van der Waals surface area contributed by atoms with Crippen molar-refractivity contribution in [1.29, 1.82) is 0 Å². The Balaban J connectivity index is 1.69. The number of piperazine rings is 1. The summed E-state index contributed by atoms with van der Waals surface area (Å²) in [5.74, 6) is 1.31. The van der Waals surface area contributed by atoms with Crippen molar-refractivity contribution >= 4 is 5.91 Å². The summed E-state index contributed by atoms with van der Waals surface area (Å²) < 4.78 is 7.15. The molecule has 0 spiro atoms. The Morgan fingerprint density at radius 1 is 1.36 bits per heavy atom. The number of furan rings is 1. The zero-order chi connectivity index (χ0) is 18.0. The van der Waals surface area contributed by atoms with Crippen LogP contribution in [0.15, 0.2) is 22.8 Å². The van der Waals surface area contributed by atoms with Gasteiger partial charge in [-0.25, -0.2) is 4.68 Å². The molecule has 8 heteroatoms. The van der Waals surface area contributed by atoms with Crippen LogP contribution in [0.5, 0.6) is 0 Å². The van der Waals surface area contributed by atoms with Gasteiger partial charge in [0.1, 0.15) is 6.04 Å². The van der Waals surface area contributed by atoms with Gasteiger partial charge in [0, 0.05) is 6.42 Å².